The molecule has 0 atom stereocenters. The van der Waals surface area contributed by atoms with Crippen LogP contribution in [0.5, 0.6) is 0 Å². The maximum atomic E-state index is 11.9. The topological polar surface area (TPSA) is 111 Å². The van der Waals surface area contributed by atoms with Crippen molar-refractivity contribution in [3.63, 3.8) is 0 Å². The smallest absolute Gasteiger partial charge is 0.271 e. The van der Waals surface area contributed by atoms with E-state index in [1.807, 2.05) is 0 Å². The summed E-state index contributed by atoms with van der Waals surface area (Å²) in [4.78, 5) is 22.2. The largest absolute Gasteiger partial charge is 0.399 e. The molecule has 0 spiro atoms. The number of anilines is 1. The number of nitrogens with zero attached hydrogens (tertiary/aromatic N) is 2. The molecular formula is C15H14N4O3. The summed E-state index contributed by atoms with van der Waals surface area (Å²) in [5, 5.41) is 14.7. The quantitative estimate of drug-likeness (QED) is 0.390. The molecule has 0 bridgehead atoms. The lowest BCUT2D eigenvalue weighted by atomic mass is 10.1. The Morgan fingerprint density at radius 1 is 1.18 bits per heavy atom. The Labute approximate surface area is 126 Å². The van der Waals surface area contributed by atoms with Gasteiger partial charge in [0.2, 0.25) is 0 Å². The highest BCUT2D eigenvalue weighted by Crippen LogP contribution is 2.13. The number of nitrogens with two attached hydrogens (primary N) is 1. The Bertz CT molecular complexity index is 739. The third-order valence-electron chi connectivity index (χ3n) is 2.97. The first-order valence-corrected chi connectivity index (χ1v) is 6.42. The number of nitro groups is 1. The molecule has 0 unspecified atom stereocenters. The third-order valence-corrected chi connectivity index (χ3v) is 2.97. The van der Waals surface area contributed by atoms with Crippen molar-refractivity contribution in [1.82, 2.24) is 5.43 Å². The van der Waals surface area contributed by atoms with Crippen molar-refractivity contribution < 1.29 is 9.72 Å². The Morgan fingerprint density at radius 2 is 1.86 bits per heavy atom. The van der Waals surface area contributed by atoms with E-state index < -0.39 is 4.92 Å². The van der Waals surface area contributed by atoms with E-state index in [-0.39, 0.29) is 11.6 Å². The van der Waals surface area contributed by atoms with E-state index in [1.165, 1.54) is 12.1 Å². The Balaban J connectivity index is 2.12. The van der Waals surface area contributed by atoms with Crippen LogP contribution in [-0.4, -0.2) is 16.5 Å². The monoisotopic (exact) mass is 298 g/mol. The molecule has 0 heterocycles. The van der Waals surface area contributed by atoms with Crippen LogP contribution < -0.4 is 11.2 Å². The number of non-ortho nitro benzene ring substituents is 1. The number of nitrogen functional groups attached to an aromatic ring is 1. The lowest BCUT2D eigenvalue weighted by Crippen LogP contribution is -2.19. The number of rotatable bonds is 4. The van der Waals surface area contributed by atoms with Crippen LogP contribution in [-0.2, 0) is 0 Å². The second-order valence-corrected chi connectivity index (χ2v) is 4.57. The molecule has 7 nitrogen and oxygen atoms in total. The van der Waals surface area contributed by atoms with Gasteiger partial charge >= 0.3 is 0 Å². The van der Waals surface area contributed by atoms with E-state index in [4.69, 9.17) is 5.73 Å². The predicted octanol–water partition coefficient (Wildman–Crippen LogP) is 2.33. The highest BCUT2D eigenvalue weighted by atomic mass is 16.6. The highest BCUT2D eigenvalue weighted by Gasteiger charge is 2.08. The summed E-state index contributed by atoms with van der Waals surface area (Å²) in [5.41, 5.74) is 9.93. The average molecular weight is 298 g/mol. The van der Waals surface area contributed by atoms with Crippen LogP contribution in [0.3, 0.4) is 0 Å². The maximum Gasteiger partial charge on any atom is 0.271 e. The van der Waals surface area contributed by atoms with Crippen molar-refractivity contribution >= 4 is 23.0 Å². The molecule has 1 amide bonds. The van der Waals surface area contributed by atoms with Crippen molar-refractivity contribution in [3.8, 4) is 0 Å². The van der Waals surface area contributed by atoms with Gasteiger partial charge in [0.25, 0.3) is 11.6 Å². The fraction of sp³-hybridized carbons (Fsp3) is 0.0667. The standard InChI is InChI=1S/C15H14N4O3/c1-10(12-3-2-4-14(9-12)19(21)22)17-18-15(20)11-5-7-13(16)8-6-11/h2-9H,16H2,1H3,(H,18,20). The summed E-state index contributed by atoms with van der Waals surface area (Å²) in [6.07, 6.45) is 0. The van der Waals surface area contributed by atoms with Crippen LogP contribution in [0, 0.1) is 10.1 Å². The van der Waals surface area contributed by atoms with Gasteiger partial charge in [-0.15, -0.1) is 0 Å². The number of hydrogen-bond acceptors (Lipinski definition) is 5. The van der Waals surface area contributed by atoms with Gasteiger partial charge in [0.05, 0.1) is 10.6 Å². The molecular weight excluding hydrogens is 284 g/mol. The first-order chi connectivity index (χ1) is 10.5. The van der Waals surface area contributed by atoms with Gasteiger partial charge in [-0.25, -0.2) is 5.43 Å². The fourth-order valence-corrected chi connectivity index (χ4v) is 1.74. The van der Waals surface area contributed by atoms with Crippen molar-refractivity contribution in [2.75, 3.05) is 5.73 Å². The van der Waals surface area contributed by atoms with E-state index in [0.29, 0.717) is 22.5 Å². The van der Waals surface area contributed by atoms with Gasteiger partial charge in [0, 0.05) is 28.9 Å². The fourth-order valence-electron chi connectivity index (χ4n) is 1.74. The molecule has 2 rings (SSSR count). The molecule has 7 heteroatoms. The number of hydrogen-bond donors (Lipinski definition) is 2. The first-order valence-electron chi connectivity index (χ1n) is 6.42. The molecule has 2 aromatic carbocycles. The van der Waals surface area contributed by atoms with E-state index >= 15 is 0 Å². The maximum absolute atomic E-state index is 11.9. The van der Waals surface area contributed by atoms with Crippen LogP contribution >= 0.6 is 0 Å². The molecule has 0 aliphatic rings. The lowest BCUT2D eigenvalue weighted by Gasteiger charge is -2.03. The van der Waals surface area contributed by atoms with Gasteiger partial charge in [-0.2, -0.15) is 5.10 Å². The molecule has 112 valence electrons. The predicted molar refractivity (Wildman–Crippen MR) is 83.6 cm³/mol. The van der Waals surface area contributed by atoms with E-state index in [1.54, 1.807) is 43.3 Å². The molecule has 22 heavy (non-hydrogen) atoms. The molecule has 0 aliphatic heterocycles. The summed E-state index contributed by atoms with van der Waals surface area (Å²) in [7, 11) is 0. The van der Waals surface area contributed by atoms with Gasteiger partial charge in [-0.3, -0.25) is 14.9 Å². The van der Waals surface area contributed by atoms with Gasteiger partial charge < -0.3 is 5.73 Å². The minimum absolute atomic E-state index is 0.0306. The summed E-state index contributed by atoms with van der Waals surface area (Å²) in [6.45, 7) is 1.66. The molecule has 0 fully saturated rings. The Morgan fingerprint density at radius 3 is 2.50 bits per heavy atom. The molecule has 0 aromatic heterocycles. The Kier molecular flexibility index (Phi) is 4.47. The number of carbonyl (C=O) groups is 1. The number of nitrogens with one attached hydrogen (secondary N) is 1. The number of nitro benzene ring substituents is 1. The SMILES string of the molecule is CC(=NNC(=O)c1ccc(N)cc1)c1cccc([N+](=O)[O-])c1. The van der Waals surface area contributed by atoms with Gasteiger partial charge in [0.15, 0.2) is 0 Å². The zero-order chi connectivity index (χ0) is 16.1. The van der Waals surface area contributed by atoms with Crippen LogP contribution in [0.15, 0.2) is 53.6 Å². The van der Waals surface area contributed by atoms with Crippen molar-refractivity contribution in [2.45, 2.75) is 6.92 Å². The van der Waals surface area contributed by atoms with E-state index in [9.17, 15) is 14.9 Å². The second kappa shape index (κ2) is 6.49. The first kappa shape index (κ1) is 15.2. The van der Waals surface area contributed by atoms with Gasteiger partial charge in [0.1, 0.15) is 0 Å². The molecule has 0 saturated carbocycles. The summed E-state index contributed by atoms with van der Waals surface area (Å²) in [5.74, 6) is -0.384. The summed E-state index contributed by atoms with van der Waals surface area (Å²) < 4.78 is 0. The number of benzene rings is 2. The molecule has 0 radical (unpaired) electrons. The van der Waals surface area contributed by atoms with Crippen LogP contribution in [0.4, 0.5) is 11.4 Å². The normalized spacial score (nSPS) is 11.0. The Hall–Kier alpha value is -3.22. The van der Waals surface area contributed by atoms with E-state index in [0.717, 1.165) is 0 Å². The molecule has 0 saturated heterocycles. The van der Waals surface area contributed by atoms with Crippen LogP contribution in [0.2, 0.25) is 0 Å². The zero-order valence-electron chi connectivity index (χ0n) is 11.8. The zero-order valence-corrected chi connectivity index (χ0v) is 11.8. The number of carbonyl (C=O) groups excluding carboxylic acids is 1. The molecule has 0 aliphatic carbocycles. The van der Waals surface area contributed by atoms with E-state index in [2.05, 4.69) is 10.5 Å². The minimum Gasteiger partial charge on any atom is -0.399 e. The summed E-state index contributed by atoms with van der Waals surface area (Å²) in [6, 6.07) is 12.4. The van der Waals surface area contributed by atoms with Gasteiger partial charge in [-0.05, 0) is 31.2 Å². The molecule has 2 aromatic rings. The van der Waals surface area contributed by atoms with Crippen LogP contribution in [0.1, 0.15) is 22.8 Å². The van der Waals surface area contributed by atoms with Crippen molar-refractivity contribution in [3.05, 3.63) is 69.8 Å². The third kappa shape index (κ3) is 3.66. The summed E-state index contributed by atoms with van der Waals surface area (Å²) >= 11 is 0. The van der Waals surface area contributed by atoms with Crippen LogP contribution in [0.25, 0.3) is 0 Å². The number of hydrazone groups is 1. The van der Waals surface area contributed by atoms with Crippen molar-refractivity contribution in [2.24, 2.45) is 5.10 Å². The molecule has 3 N–H and O–H groups in total. The highest BCUT2D eigenvalue weighted by molar-refractivity contribution is 6.01. The average Bonchev–Trinajstić information content (AvgIpc) is 2.53. The minimum atomic E-state index is -0.482. The number of amides is 1. The van der Waals surface area contributed by atoms with Gasteiger partial charge in [-0.1, -0.05) is 12.1 Å². The van der Waals surface area contributed by atoms with Crippen molar-refractivity contribution in [1.29, 1.82) is 0 Å². The lowest BCUT2D eigenvalue weighted by molar-refractivity contribution is -0.384. The second-order valence-electron chi connectivity index (χ2n) is 4.57.